The highest BCUT2D eigenvalue weighted by molar-refractivity contribution is 5.84. The molecule has 180 valence electrons. The van der Waals surface area contributed by atoms with Crippen molar-refractivity contribution in [2.75, 3.05) is 6.54 Å². The maximum absolute atomic E-state index is 11.2. The predicted molar refractivity (Wildman–Crippen MR) is 127 cm³/mol. The van der Waals surface area contributed by atoms with Crippen LogP contribution in [0.1, 0.15) is 48.6 Å². The maximum atomic E-state index is 11.2. The van der Waals surface area contributed by atoms with Gasteiger partial charge in [-0.2, -0.15) is 0 Å². The van der Waals surface area contributed by atoms with E-state index in [0.717, 1.165) is 28.8 Å². The number of nitrogens with zero attached hydrogens (tertiary/aromatic N) is 1. The fourth-order valence-corrected chi connectivity index (χ4v) is 4.78. The van der Waals surface area contributed by atoms with Crippen molar-refractivity contribution in [2.24, 2.45) is 0 Å². The molecule has 5 unspecified atom stereocenters. The number of aliphatic hydroxyl groups excluding tert-OH is 3. The second-order valence-electron chi connectivity index (χ2n) is 9.37. The van der Waals surface area contributed by atoms with E-state index in [2.05, 4.69) is 35.1 Å². The molecule has 1 saturated heterocycles. The Morgan fingerprint density at radius 2 is 1.76 bits per heavy atom. The second-order valence-corrected chi connectivity index (χ2v) is 9.37. The number of ether oxygens (including phenoxy) is 1. The van der Waals surface area contributed by atoms with Gasteiger partial charge in [0.15, 0.2) is 6.23 Å². The van der Waals surface area contributed by atoms with Crippen LogP contribution >= 0.6 is 0 Å². The van der Waals surface area contributed by atoms with Crippen LogP contribution in [0.15, 0.2) is 54.7 Å². The highest BCUT2D eigenvalue weighted by atomic mass is 16.5. The molecule has 8 nitrogen and oxygen atoms in total. The lowest BCUT2D eigenvalue weighted by Crippen LogP contribution is -2.58. The lowest BCUT2D eigenvalue weighted by atomic mass is 9.98. The first-order valence-electron chi connectivity index (χ1n) is 11.8. The number of hydrazine groups is 1. The molecule has 2 aliphatic rings. The highest BCUT2D eigenvalue weighted by Gasteiger charge is 2.44. The number of para-hydroxylation sites is 1. The summed E-state index contributed by atoms with van der Waals surface area (Å²) in [6.45, 7) is 1.43. The summed E-state index contributed by atoms with van der Waals surface area (Å²) in [7, 11) is 0. The summed E-state index contributed by atoms with van der Waals surface area (Å²) >= 11 is 0. The number of carbonyl (C=O) groups excluding carboxylic acids is 1. The SMILES string of the molecule is CC(=O)NNCC1OC(n2cc(Cc3ccc(C4CC4)cc3)c3ccccc32)C(O)C(O)C1O. The number of rotatable bonds is 7. The third-order valence-electron chi connectivity index (χ3n) is 6.78. The number of aromatic nitrogens is 1. The van der Waals surface area contributed by atoms with Crippen LogP contribution in [0.25, 0.3) is 10.9 Å². The van der Waals surface area contributed by atoms with Gasteiger partial charge in [-0.05, 0) is 47.9 Å². The van der Waals surface area contributed by atoms with Gasteiger partial charge in [0.1, 0.15) is 24.4 Å². The van der Waals surface area contributed by atoms with Crippen molar-refractivity contribution in [1.82, 2.24) is 15.4 Å². The van der Waals surface area contributed by atoms with Gasteiger partial charge in [0.2, 0.25) is 5.91 Å². The molecule has 0 spiro atoms. The Morgan fingerprint density at radius 3 is 2.47 bits per heavy atom. The highest BCUT2D eigenvalue weighted by Crippen LogP contribution is 2.40. The van der Waals surface area contributed by atoms with Crippen LogP contribution in [0, 0.1) is 0 Å². The number of hydrogen-bond donors (Lipinski definition) is 5. The van der Waals surface area contributed by atoms with E-state index < -0.39 is 30.6 Å². The van der Waals surface area contributed by atoms with Gasteiger partial charge in [-0.25, -0.2) is 5.43 Å². The monoisotopic (exact) mass is 465 g/mol. The number of aliphatic hydroxyl groups is 3. The summed E-state index contributed by atoms with van der Waals surface area (Å²) in [5.41, 5.74) is 9.69. The summed E-state index contributed by atoms with van der Waals surface area (Å²) in [5, 5.41) is 32.8. The minimum absolute atomic E-state index is 0.0699. The smallest absolute Gasteiger partial charge is 0.230 e. The molecule has 1 aliphatic carbocycles. The average molecular weight is 466 g/mol. The third-order valence-corrected chi connectivity index (χ3v) is 6.78. The largest absolute Gasteiger partial charge is 0.388 e. The molecule has 1 saturated carbocycles. The Labute approximate surface area is 198 Å². The molecular weight excluding hydrogens is 434 g/mol. The molecule has 1 aromatic heterocycles. The molecule has 2 heterocycles. The van der Waals surface area contributed by atoms with Gasteiger partial charge in [0.05, 0.1) is 5.52 Å². The normalized spacial score (nSPS) is 27.1. The van der Waals surface area contributed by atoms with Crippen LogP contribution < -0.4 is 10.9 Å². The fraction of sp³-hybridized carbons (Fsp3) is 0.423. The molecule has 5 rings (SSSR count). The van der Waals surface area contributed by atoms with Crippen molar-refractivity contribution in [3.05, 3.63) is 71.4 Å². The molecule has 34 heavy (non-hydrogen) atoms. The van der Waals surface area contributed by atoms with Crippen molar-refractivity contribution in [1.29, 1.82) is 0 Å². The number of nitrogens with one attached hydrogen (secondary N) is 2. The van der Waals surface area contributed by atoms with E-state index in [1.165, 1.54) is 30.9 Å². The van der Waals surface area contributed by atoms with Gasteiger partial charge in [-0.1, -0.05) is 42.5 Å². The van der Waals surface area contributed by atoms with E-state index in [1.54, 1.807) is 0 Å². The van der Waals surface area contributed by atoms with E-state index in [1.807, 2.05) is 35.0 Å². The van der Waals surface area contributed by atoms with Gasteiger partial charge in [0.25, 0.3) is 0 Å². The average Bonchev–Trinajstić information content (AvgIpc) is 3.62. The summed E-state index contributed by atoms with van der Waals surface area (Å²) < 4.78 is 7.89. The third kappa shape index (κ3) is 4.60. The van der Waals surface area contributed by atoms with Crippen LogP contribution in [0.5, 0.6) is 0 Å². The van der Waals surface area contributed by atoms with Crippen LogP contribution in [0.3, 0.4) is 0 Å². The number of hydrogen-bond acceptors (Lipinski definition) is 6. The number of benzene rings is 2. The first kappa shape index (κ1) is 23.0. The topological polar surface area (TPSA) is 116 Å². The van der Waals surface area contributed by atoms with Crippen molar-refractivity contribution in [3.63, 3.8) is 0 Å². The van der Waals surface area contributed by atoms with Crippen molar-refractivity contribution >= 4 is 16.8 Å². The lowest BCUT2D eigenvalue weighted by molar-refractivity contribution is -0.242. The predicted octanol–water partition coefficient (Wildman–Crippen LogP) is 1.73. The zero-order valence-electron chi connectivity index (χ0n) is 19.1. The first-order valence-corrected chi connectivity index (χ1v) is 11.8. The molecule has 0 bridgehead atoms. The minimum Gasteiger partial charge on any atom is -0.388 e. The lowest BCUT2D eigenvalue weighted by Gasteiger charge is -2.41. The standard InChI is InChI=1S/C26H31N3O5/c1-15(30)28-27-13-22-23(31)24(32)25(33)26(34-22)29-14-19(20-4-2-3-5-21(20)29)12-16-6-8-17(9-7-16)18-10-11-18/h2-9,14,18,22-27,31-33H,10-13H2,1H3,(H,28,30). The summed E-state index contributed by atoms with van der Waals surface area (Å²) in [6.07, 6.45) is -0.546. The molecule has 0 radical (unpaired) electrons. The van der Waals surface area contributed by atoms with Crippen molar-refractivity contribution < 1.29 is 24.9 Å². The molecule has 5 N–H and O–H groups in total. The number of carbonyl (C=O) groups is 1. The molecule has 5 atom stereocenters. The van der Waals surface area contributed by atoms with Crippen LogP contribution in [-0.2, 0) is 16.0 Å². The van der Waals surface area contributed by atoms with E-state index >= 15 is 0 Å². The van der Waals surface area contributed by atoms with Crippen LogP contribution in [-0.4, -0.2) is 56.8 Å². The van der Waals surface area contributed by atoms with Crippen molar-refractivity contribution in [3.8, 4) is 0 Å². The molecular formula is C26H31N3O5. The quantitative estimate of drug-likeness (QED) is 0.340. The van der Waals surface area contributed by atoms with Gasteiger partial charge < -0.3 is 24.6 Å². The fourth-order valence-electron chi connectivity index (χ4n) is 4.78. The molecule has 2 aromatic carbocycles. The van der Waals surface area contributed by atoms with Gasteiger partial charge in [-0.3, -0.25) is 10.2 Å². The molecule has 1 amide bonds. The maximum Gasteiger partial charge on any atom is 0.230 e. The van der Waals surface area contributed by atoms with E-state index in [0.29, 0.717) is 0 Å². The summed E-state index contributed by atoms with van der Waals surface area (Å²) in [6, 6.07) is 16.7. The molecule has 3 aromatic rings. The van der Waals surface area contributed by atoms with Crippen LogP contribution in [0.2, 0.25) is 0 Å². The Kier molecular flexibility index (Phi) is 6.42. The second kappa shape index (κ2) is 9.48. The minimum atomic E-state index is -1.40. The van der Waals surface area contributed by atoms with Gasteiger partial charge >= 0.3 is 0 Å². The number of amides is 1. The van der Waals surface area contributed by atoms with E-state index in [-0.39, 0.29) is 12.5 Å². The zero-order valence-corrected chi connectivity index (χ0v) is 19.1. The molecule has 8 heteroatoms. The molecule has 1 aliphatic heterocycles. The summed E-state index contributed by atoms with van der Waals surface area (Å²) in [4.78, 5) is 11.2. The van der Waals surface area contributed by atoms with Gasteiger partial charge in [0, 0.05) is 25.1 Å². The van der Waals surface area contributed by atoms with Crippen molar-refractivity contribution in [2.45, 2.75) is 62.7 Å². The molecule has 2 fully saturated rings. The Balaban J connectivity index is 1.42. The first-order chi connectivity index (χ1) is 16.4. The van der Waals surface area contributed by atoms with E-state index in [4.69, 9.17) is 4.74 Å². The van der Waals surface area contributed by atoms with E-state index in [9.17, 15) is 20.1 Å². The number of fused-ring (bicyclic) bond motifs is 1. The van der Waals surface area contributed by atoms with Crippen LogP contribution in [0.4, 0.5) is 0 Å². The Morgan fingerprint density at radius 1 is 1.03 bits per heavy atom. The van der Waals surface area contributed by atoms with Gasteiger partial charge in [-0.15, -0.1) is 0 Å². The summed E-state index contributed by atoms with van der Waals surface area (Å²) in [5.74, 6) is 0.435. The zero-order chi connectivity index (χ0) is 23.8. The Bertz CT molecular complexity index is 1160. The Hall–Kier alpha value is -2.75.